The molecule has 30 heavy (non-hydrogen) atoms. The van der Waals surface area contributed by atoms with E-state index in [1.165, 1.54) is 5.56 Å². The maximum Gasteiger partial charge on any atom is 0.407 e. The summed E-state index contributed by atoms with van der Waals surface area (Å²) >= 11 is 0. The molecule has 2 fully saturated rings. The summed E-state index contributed by atoms with van der Waals surface area (Å²) in [6, 6.07) is 0.204. The second kappa shape index (κ2) is 9.84. The van der Waals surface area contributed by atoms with Crippen molar-refractivity contribution in [1.29, 1.82) is 0 Å². The number of amides is 2. The minimum absolute atomic E-state index is 0.154. The monoisotopic (exact) mass is 418 g/mol. The number of nitrogens with zero attached hydrogens (tertiary/aromatic N) is 3. The quantitative estimate of drug-likeness (QED) is 0.797. The van der Waals surface area contributed by atoms with E-state index in [2.05, 4.69) is 23.5 Å². The van der Waals surface area contributed by atoms with Crippen LogP contribution in [0.2, 0.25) is 0 Å². The smallest absolute Gasteiger partial charge is 0.407 e. The van der Waals surface area contributed by atoms with Gasteiger partial charge in [-0.2, -0.15) is 5.10 Å². The van der Waals surface area contributed by atoms with E-state index in [0.717, 1.165) is 64.5 Å². The van der Waals surface area contributed by atoms with E-state index < -0.39 is 11.7 Å². The SMILES string of the molecule is Cc1cnn(C2CCN(C(=O)[C@@H]3CCCCCC[C@@H]3NC(=O)OC(C)(C)C)CC2)c1. The summed E-state index contributed by atoms with van der Waals surface area (Å²) in [7, 11) is 0. The van der Waals surface area contributed by atoms with E-state index in [9.17, 15) is 9.59 Å². The number of alkyl carbamates (subject to hydrolysis) is 1. The number of likely N-dealkylation sites (tertiary alicyclic amines) is 1. The molecule has 1 saturated carbocycles. The summed E-state index contributed by atoms with van der Waals surface area (Å²) in [6.07, 6.45) is 11.4. The van der Waals surface area contributed by atoms with E-state index in [0.29, 0.717) is 6.04 Å². The van der Waals surface area contributed by atoms with Gasteiger partial charge in [0.1, 0.15) is 5.60 Å². The highest BCUT2D eigenvalue weighted by Crippen LogP contribution is 2.28. The Hall–Kier alpha value is -2.05. The highest BCUT2D eigenvalue weighted by molar-refractivity contribution is 5.80. The Kier molecular flexibility index (Phi) is 7.42. The lowest BCUT2D eigenvalue weighted by atomic mass is 9.85. The molecular weight excluding hydrogens is 380 g/mol. The first-order chi connectivity index (χ1) is 14.2. The molecule has 0 aromatic carbocycles. The minimum atomic E-state index is -0.544. The molecule has 0 spiro atoms. The Morgan fingerprint density at radius 3 is 2.33 bits per heavy atom. The van der Waals surface area contributed by atoms with Crippen LogP contribution >= 0.6 is 0 Å². The third kappa shape index (κ3) is 6.22. The minimum Gasteiger partial charge on any atom is -0.444 e. The van der Waals surface area contributed by atoms with Gasteiger partial charge in [0.2, 0.25) is 5.91 Å². The Balaban J connectivity index is 1.62. The number of aromatic nitrogens is 2. The zero-order valence-corrected chi connectivity index (χ0v) is 19.0. The summed E-state index contributed by atoms with van der Waals surface area (Å²) in [6.45, 7) is 9.13. The number of rotatable bonds is 3. The number of aryl methyl sites for hydroxylation is 1. The van der Waals surface area contributed by atoms with Gasteiger partial charge in [0.15, 0.2) is 0 Å². The molecule has 1 aliphatic carbocycles. The number of piperidine rings is 1. The van der Waals surface area contributed by atoms with Gasteiger partial charge in [-0.05, 0) is 58.9 Å². The van der Waals surface area contributed by atoms with Gasteiger partial charge in [-0.3, -0.25) is 9.48 Å². The van der Waals surface area contributed by atoms with Crippen LogP contribution < -0.4 is 5.32 Å². The maximum atomic E-state index is 13.5. The molecule has 168 valence electrons. The zero-order valence-electron chi connectivity index (χ0n) is 19.0. The van der Waals surface area contributed by atoms with Crippen LogP contribution in [0.4, 0.5) is 4.79 Å². The maximum absolute atomic E-state index is 13.5. The van der Waals surface area contributed by atoms with Gasteiger partial charge in [0.05, 0.1) is 18.2 Å². The molecule has 2 heterocycles. The lowest BCUT2D eigenvalue weighted by Crippen LogP contribution is -2.51. The molecule has 3 rings (SSSR count). The summed E-state index contributed by atoms with van der Waals surface area (Å²) in [4.78, 5) is 27.9. The molecule has 1 aromatic heterocycles. The van der Waals surface area contributed by atoms with Crippen LogP contribution in [-0.2, 0) is 9.53 Å². The lowest BCUT2D eigenvalue weighted by molar-refractivity contribution is -0.138. The standard InChI is InChI=1S/C23H38N4O3/c1-17-15-24-27(16-17)18-11-13-26(14-12-18)21(28)19-9-7-5-6-8-10-20(19)25-22(29)30-23(2,3)4/h15-16,18-20H,5-14H2,1-4H3,(H,25,29)/t19-,20+/m1/s1. The highest BCUT2D eigenvalue weighted by Gasteiger charge is 2.35. The summed E-state index contributed by atoms with van der Waals surface area (Å²) in [5.41, 5.74) is 0.622. The number of carbonyl (C=O) groups excluding carboxylic acids is 2. The molecule has 7 nitrogen and oxygen atoms in total. The van der Waals surface area contributed by atoms with Crippen molar-refractivity contribution in [2.24, 2.45) is 5.92 Å². The van der Waals surface area contributed by atoms with Crippen LogP contribution in [0, 0.1) is 12.8 Å². The Morgan fingerprint density at radius 2 is 1.73 bits per heavy atom. The average molecular weight is 419 g/mol. The topological polar surface area (TPSA) is 76.5 Å². The fourth-order valence-electron chi connectivity index (χ4n) is 4.63. The summed E-state index contributed by atoms with van der Waals surface area (Å²) in [5.74, 6) is 0.0226. The number of ether oxygens (including phenoxy) is 1. The van der Waals surface area contributed by atoms with Gasteiger partial charge in [0, 0.05) is 25.3 Å². The third-order valence-corrected chi connectivity index (χ3v) is 6.17. The predicted molar refractivity (Wildman–Crippen MR) is 116 cm³/mol. The molecule has 2 atom stereocenters. The van der Waals surface area contributed by atoms with Gasteiger partial charge in [-0.25, -0.2) is 4.79 Å². The second-order valence-corrected chi connectivity index (χ2v) is 9.90. The van der Waals surface area contributed by atoms with E-state index in [4.69, 9.17) is 4.74 Å². The van der Waals surface area contributed by atoms with Crippen molar-refractivity contribution >= 4 is 12.0 Å². The molecule has 0 radical (unpaired) electrons. The van der Waals surface area contributed by atoms with Gasteiger partial charge in [-0.15, -0.1) is 0 Å². The predicted octanol–water partition coefficient (Wildman–Crippen LogP) is 4.22. The van der Waals surface area contributed by atoms with Crippen molar-refractivity contribution in [2.45, 2.75) is 96.7 Å². The largest absolute Gasteiger partial charge is 0.444 e. The van der Waals surface area contributed by atoms with Crippen LogP contribution in [-0.4, -0.2) is 51.4 Å². The number of carbonyl (C=O) groups is 2. The van der Waals surface area contributed by atoms with Crippen LogP contribution in [0.1, 0.15) is 83.7 Å². The Bertz CT molecular complexity index is 716. The summed E-state index contributed by atoms with van der Waals surface area (Å²) < 4.78 is 7.51. The van der Waals surface area contributed by atoms with Crippen LogP contribution in [0.3, 0.4) is 0 Å². The van der Waals surface area contributed by atoms with E-state index in [1.807, 2.05) is 36.5 Å². The van der Waals surface area contributed by atoms with E-state index in [1.54, 1.807) is 0 Å². The van der Waals surface area contributed by atoms with Crippen LogP contribution in [0.5, 0.6) is 0 Å². The molecule has 1 aliphatic heterocycles. The molecule has 1 N–H and O–H groups in total. The fraction of sp³-hybridized carbons (Fsp3) is 0.783. The van der Waals surface area contributed by atoms with Crippen molar-refractivity contribution in [1.82, 2.24) is 20.0 Å². The molecular formula is C23H38N4O3. The second-order valence-electron chi connectivity index (χ2n) is 9.90. The molecule has 1 aromatic rings. The van der Waals surface area contributed by atoms with Gasteiger partial charge < -0.3 is 15.0 Å². The molecule has 0 bridgehead atoms. The first-order valence-corrected chi connectivity index (χ1v) is 11.5. The van der Waals surface area contributed by atoms with Crippen molar-refractivity contribution in [3.05, 3.63) is 18.0 Å². The fourth-order valence-corrected chi connectivity index (χ4v) is 4.63. The first-order valence-electron chi connectivity index (χ1n) is 11.5. The molecule has 0 unspecified atom stereocenters. The zero-order chi connectivity index (χ0) is 21.7. The molecule has 1 saturated heterocycles. The summed E-state index contributed by atoms with van der Waals surface area (Å²) in [5, 5.41) is 7.48. The van der Waals surface area contributed by atoms with E-state index in [-0.39, 0.29) is 17.9 Å². The van der Waals surface area contributed by atoms with Gasteiger partial charge >= 0.3 is 6.09 Å². The van der Waals surface area contributed by atoms with Gasteiger partial charge in [0.25, 0.3) is 0 Å². The number of hydrogen-bond donors (Lipinski definition) is 1. The number of nitrogens with one attached hydrogen (secondary N) is 1. The van der Waals surface area contributed by atoms with Crippen molar-refractivity contribution in [3.8, 4) is 0 Å². The van der Waals surface area contributed by atoms with Crippen molar-refractivity contribution in [2.75, 3.05) is 13.1 Å². The average Bonchev–Trinajstić information content (AvgIpc) is 3.09. The molecule has 2 amide bonds. The van der Waals surface area contributed by atoms with Gasteiger partial charge in [-0.1, -0.05) is 25.7 Å². The third-order valence-electron chi connectivity index (χ3n) is 6.17. The lowest BCUT2D eigenvalue weighted by Gasteiger charge is -2.37. The van der Waals surface area contributed by atoms with Crippen LogP contribution in [0.15, 0.2) is 12.4 Å². The van der Waals surface area contributed by atoms with E-state index >= 15 is 0 Å². The Labute approximate surface area is 180 Å². The Morgan fingerprint density at radius 1 is 1.07 bits per heavy atom. The molecule has 2 aliphatic rings. The number of hydrogen-bond acceptors (Lipinski definition) is 4. The highest BCUT2D eigenvalue weighted by atomic mass is 16.6. The normalized spacial score (nSPS) is 24.1. The van der Waals surface area contributed by atoms with Crippen molar-refractivity contribution in [3.63, 3.8) is 0 Å². The molecule has 7 heteroatoms. The van der Waals surface area contributed by atoms with Crippen LogP contribution in [0.25, 0.3) is 0 Å². The first kappa shape index (κ1) is 22.6. The van der Waals surface area contributed by atoms with Crippen molar-refractivity contribution < 1.29 is 14.3 Å².